The Kier molecular flexibility index (Phi) is 3.85. The van der Waals surface area contributed by atoms with E-state index >= 15 is 0 Å². The van der Waals surface area contributed by atoms with Crippen LogP contribution < -0.4 is 5.32 Å². The highest BCUT2D eigenvalue weighted by Crippen LogP contribution is 2.09. The fourth-order valence-corrected chi connectivity index (χ4v) is 1.47. The number of amides is 1. The first-order chi connectivity index (χ1) is 8.74. The molecule has 1 amide bonds. The van der Waals surface area contributed by atoms with Crippen LogP contribution in [0.25, 0.3) is 0 Å². The van der Waals surface area contributed by atoms with Crippen LogP contribution in [-0.2, 0) is 17.6 Å². The van der Waals surface area contributed by atoms with Crippen molar-refractivity contribution in [1.29, 1.82) is 0 Å². The zero-order valence-electron chi connectivity index (χ0n) is 9.63. The Morgan fingerprint density at radius 2 is 2.11 bits per heavy atom. The molecule has 0 unspecified atom stereocenters. The van der Waals surface area contributed by atoms with E-state index in [-0.39, 0.29) is 18.1 Å². The lowest BCUT2D eigenvalue weighted by Crippen LogP contribution is -2.27. The van der Waals surface area contributed by atoms with Crippen molar-refractivity contribution in [1.82, 2.24) is 25.9 Å². The topological polar surface area (TPSA) is 104 Å². The second kappa shape index (κ2) is 5.76. The van der Waals surface area contributed by atoms with E-state index in [4.69, 9.17) is 5.11 Å². The number of phenols is 1. The number of aromatic hydroxyl groups is 1. The van der Waals surface area contributed by atoms with Crippen molar-refractivity contribution >= 4 is 5.91 Å². The maximum Gasteiger partial charge on any atom is 0.227 e. The number of rotatable bonds is 5. The largest absolute Gasteiger partial charge is 0.508 e. The Morgan fingerprint density at radius 3 is 2.78 bits per heavy atom. The molecule has 18 heavy (non-hydrogen) atoms. The summed E-state index contributed by atoms with van der Waals surface area (Å²) < 4.78 is 0. The third-order valence-electron chi connectivity index (χ3n) is 2.38. The quantitative estimate of drug-likeness (QED) is 0.679. The number of carbonyl (C=O) groups is 1. The number of hydrogen-bond donors (Lipinski definition) is 3. The molecule has 0 bridgehead atoms. The zero-order valence-corrected chi connectivity index (χ0v) is 9.63. The van der Waals surface area contributed by atoms with E-state index in [1.165, 1.54) is 0 Å². The summed E-state index contributed by atoms with van der Waals surface area (Å²) >= 11 is 0. The summed E-state index contributed by atoms with van der Waals surface area (Å²) in [6, 6.07) is 6.88. The van der Waals surface area contributed by atoms with E-state index < -0.39 is 0 Å². The van der Waals surface area contributed by atoms with Crippen molar-refractivity contribution in [2.24, 2.45) is 0 Å². The highest BCUT2D eigenvalue weighted by Gasteiger charge is 2.06. The molecule has 94 valence electrons. The van der Waals surface area contributed by atoms with E-state index in [0.29, 0.717) is 18.8 Å². The summed E-state index contributed by atoms with van der Waals surface area (Å²) in [7, 11) is 0. The molecule has 0 spiro atoms. The summed E-state index contributed by atoms with van der Waals surface area (Å²) in [6.07, 6.45) is 0.824. The molecule has 1 aromatic heterocycles. The number of nitrogens with one attached hydrogen (secondary N) is 2. The molecule has 0 atom stereocenters. The molecule has 3 N–H and O–H groups in total. The van der Waals surface area contributed by atoms with Gasteiger partial charge in [-0.3, -0.25) is 4.79 Å². The van der Waals surface area contributed by atoms with Gasteiger partial charge in [0.2, 0.25) is 5.91 Å². The number of H-pyrrole nitrogens is 1. The van der Waals surface area contributed by atoms with Crippen LogP contribution in [0.3, 0.4) is 0 Å². The molecule has 0 saturated carbocycles. The van der Waals surface area contributed by atoms with Gasteiger partial charge in [-0.1, -0.05) is 17.3 Å². The number of phenolic OH excluding ortho intramolecular Hbond substituents is 1. The molecular weight excluding hydrogens is 234 g/mol. The van der Waals surface area contributed by atoms with Crippen LogP contribution in [0.5, 0.6) is 5.75 Å². The Labute approximate surface area is 103 Å². The lowest BCUT2D eigenvalue weighted by atomic mass is 10.1. The molecule has 1 aromatic carbocycles. The van der Waals surface area contributed by atoms with Gasteiger partial charge >= 0.3 is 0 Å². The number of carbonyl (C=O) groups excluding carboxylic acids is 1. The van der Waals surface area contributed by atoms with Gasteiger partial charge in [0, 0.05) is 6.54 Å². The summed E-state index contributed by atoms with van der Waals surface area (Å²) in [5.41, 5.74) is 1.05. The van der Waals surface area contributed by atoms with Gasteiger partial charge in [0.1, 0.15) is 5.75 Å². The lowest BCUT2D eigenvalue weighted by molar-refractivity contribution is -0.120. The predicted octanol–water partition coefficient (Wildman–Crippen LogP) is -0.193. The lowest BCUT2D eigenvalue weighted by Gasteiger charge is -2.04. The molecule has 2 rings (SSSR count). The third-order valence-corrected chi connectivity index (χ3v) is 2.38. The monoisotopic (exact) mass is 247 g/mol. The van der Waals surface area contributed by atoms with Crippen molar-refractivity contribution in [2.75, 3.05) is 6.54 Å². The number of aromatic amines is 1. The van der Waals surface area contributed by atoms with Crippen molar-refractivity contribution in [3.05, 3.63) is 35.7 Å². The second-order valence-corrected chi connectivity index (χ2v) is 3.77. The first-order valence-electron chi connectivity index (χ1n) is 5.51. The maximum atomic E-state index is 11.5. The van der Waals surface area contributed by atoms with Gasteiger partial charge in [0.25, 0.3) is 0 Å². The van der Waals surface area contributed by atoms with Gasteiger partial charge < -0.3 is 10.4 Å². The smallest absolute Gasteiger partial charge is 0.227 e. The highest BCUT2D eigenvalue weighted by molar-refractivity contribution is 5.77. The molecule has 0 radical (unpaired) electrons. The number of nitrogens with zero attached hydrogens (tertiary/aromatic N) is 3. The third kappa shape index (κ3) is 3.55. The van der Waals surface area contributed by atoms with Crippen LogP contribution in [0.2, 0.25) is 0 Å². The average Bonchev–Trinajstić information content (AvgIpc) is 2.84. The Morgan fingerprint density at radius 1 is 1.33 bits per heavy atom. The standard InChI is InChI=1S/C11H13N5O2/c17-9-3-1-8(2-4-9)5-6-12-11(18)7-10-13-15-16-14-10/h1-4,17H,5-7H2,(H,12,18)(H,13,14,15,16). The molecule has 0 fully saturated rings. The van der Waals surface area contributed by atoms with Gasteiger partial charge in [0.15, 0.2) is 5.82 Å². The van der Waals surface area contributed by atoms with Gasteiger partial charge in [-0.25, -0.2) is 0 Å². The van der Waals surface area contributed by atoms with E-state index in [1.54, 1.807) is 12.1 Å². The molecule has 0 aliphatic heterocycles. The van der Waals surface area contributed by atoms with Crippen LogP contribution in [0.4, 0.5) is 0 Å². The summed E-state index contributed by atoms with van der Waals surface area (Å²) in [5, 5.41) is 24.9. The van der Waals surface area contributed by atoms with Gasteiger partial charge in [-0.05, 0) is 24.1 Å². The average molecular weight is 247 g/mol. The molecular formula is C11H13N5O2. The van der Waals surface area contributed by atoms with Crippen LogP contribution in [0.15, 0.2) is 24.3 Å². The number of tetrazole rings is 1. The predicted molar refractivity (Wildman–Crippen MR) is 62.7 cm³/mol. The zero-order chi connectivity index (χ0) is 12.8. The van der Waals surface area contributed by atoms with E-state index in [9.17, 15) is 4.79 Å². The van der Waals surface area contributed by atoms with Gasteiger partial charge in [-0.15, -0.1) is 10.2 Å². The van der Waals surface area contributed by atoms with E-state index in [1.807, 2.05) is 12.1 Å². The molecule has 7 heteroatoms. The molecule has 0 aliphatic carbocycles. The van der Waals surface area contributed by atoms with Gasteiger partial charge in [-0.2, -0.15) is 5.21 Å². The second-order valence-electron chi connectivity index (χ2n) is 3.77. The highest BCUT2D eigenvalue weighted by atomic mass is 16.3. The molecule has 0 aliphatic rings. The fraction of sp³-hybridized carbons (Fsp3) is 0.273. The first kappa shape index (κ1) is 12.0. The number of hydrogen-bond acceptors (Lipinski definition) is 5. The summed E-state index contributed by atoms with van der Waals surface area (Å²) in [5.74, 6) is 0.465. The van der Waals surface area contributed by atoms with Crippen molar-refractivity contribution in [2.45, 2.75) is 12.8 Å². The van der Waals surface area contributed by atoms with Crippen LogP contribution >= 0.6 is 0 Å². The Hall–Kier alpha value is -2.44. The fourth-order valence-electron chi connectivity index (χ4n) is 1.47. The van der Waals surface area contributed by atoms with Crippen molar-refractivity contribution in [3.8, 4) is 5.75 Å². The minimum Gasteiger partial charge on any atom is -0.508 e. The van der Waals surface area contributed by atoms with Crippen LogP contribution in [0.1, 0.15) is 11.4 Å². The van der Waals surface area contributed by atoms with E-state index in [2.05, 4.69) is 25.9 Å². The van der Waals surface area contributed by atoms with Crippen LogP contribution in [-0.4, -0.2) is 38.2 Å². The Bertz CT molecular complexity index is 495. The van der Waals surface area contributed by atoms with Crippen LogP contribution in [0, 0.1) is 0 Å². The number of aromatic nitrogens is 4. The first-order valence-corrected chi connectivity index (χ1v) is 5.51. The maximum absolute atomic E-state index is 11.5. The molecule has 2 aromatic rings. The molecule has 1 heterocycles. The van der Waals surface area contributed by atoms with E-state index in [0.717, 1.165) is 5.56 Å². The minimum atomic E-state index is -0.143. The summed E-state index contributed by atoms with van der Waals surface area (Å²) in [4.78, 5) is 11.5. The SMILES string of the molecule is O=C(Cc1nn[nH]n1)NCCc1ccc(O)cc1. The minimum absolute atomic E-state index is 0.117. The number of benzene rings is 1. The Balaban J connectivity index is 1.72. The van der Waals surface area contributed by atoms with Crippen molar-refractivity contribution < 1.29 is 9.90 Å². The van der Waals surface area contributed by atoms with Crippen molar-refractivity contribution in [3.63, 3.8) is 0 Å². The molecule has 7 nitrogen and oxygen atoms in total. The molecule has 0 saturated heterocycles. The van der Waals surface area contributed by atoms with Gasteiger partial charge in [0.05, 0.1) is 6.42 Å². The summed E-state index contributed by atoms with van der Waals surface area (Å²) in [6.45, 7) is 0.529. The normalized spacial score (nSPS) is 10.2.